The summed E-state index contributed by atoms with van der Waals surface area (Å²) >= 11 is 0. The maximum atomic E-state index is 12.4. The molecule has 0 bridgehead atoms. The molecule has 2 rings (SSSR count). The molecule has 6 heteroatoms. The first-order chi connectivity index (χ1) is 8.07. The molecule has 0 radical (unpaired) electrons. The molecule has 0 aliphatic carbocycles. The summed E-state index contributed by atoms with van der Waals surface area (Å²) in [6, 6.07) is 3.10. The third kappa shape index (κ3) is 2.20. The van der Waals surface area contributed by atoms with E-state index in [1.165, 1.54) is 10.5 Å². The summed E-state index contributed by atoms with van der Waals surface area (Å²) in [5.41, 5.74) is 5.67. The number of hydrogen-bond donors (Lipinski definition) is 1. The number of nitrogens with zero attached hydrogens (tertiary/aromatic N) is 2. The van der Waals surface area contributed by atoms with Crippen molar-refractivity contribution in [2.75, 3.05) is 13.1 Å². The van der Waals surface area contributed by atoms with E-state index < -0.39 is 10.0 Å². The second-order valence-corrected chi connectivity index (χ2v) is 6.26. The van der Waals surface area contributed by atoms with Crippen LogP contribution in [0, 0.1) is 5.92 Å². The topological polar surface area (TPSA) is 76.3 Å². The lowest BCUT2D eigenvalue weighted by molar-refractivity contribution is 0.354. The highest BCUT2D eigenvalue weighted by atomic mass is 32.2. The minimum absolute atomic E-state index is 0.0970. The minimum atomic E-state index is -3.44. The Morgan fingerprint density at radius 2 is 2.35 bits per heavy atom. The van der Waals surface area contributed by atoms with E-state index in [0.29, 0.717) is 19.0 Å². The van der Waals surface area contributed by atoms with Gasteiger partial charge >= 0.3 is 0 Å². The molecule has 0 amide bonds. The van der Waals surface area contributed by atoms with Gasteiger partial charge in [-0.15, -0.1) is 0 Å². The van der Waals surface area contributed by atoms with Gasteiger partial charge in [-0.25, -0.2) is 8.42 Å². The Bertz CT molecular complexity index is 475. The van der Waals surface area contributed by atoms with E-state index >= 15 is 0 Å². The summed E-state index contributed by atoms with van der Waals surface area (Å²) in [4.78, 5) is 4.10. The Hall–Kier alpha value is -0.980. The van der Waals surface area contributed by atoms with E-state index in [2.05, 4.69) is 4.98 Å². The Morgan fingerprint density at radius 3 is 2.94 bits per heavy atom. The fourth-order valence-electron chi connectivity index (χ4n) is 2.26. The number of pyridine rings is 1. The second kappa shape index (κ2) is 4.72. The first-order valence-electron chi connectivity index (χ1n) is 5.69. The van der Waals surface area contributed by atoms with Crippen molar-refractivity contribution in [1.82, 2.24) is 9.29 Å². The fourth-order valence-corrected chi connectivity index (χ4v) is 3.97. The summed E-state index contributed by atoms with van der Waals surface area (Å²) < 4.78 is 26.3. The van der Waals surface area contributed by atoms with Gasteiger partial charge in [-0.1, -0.05) is 6.92 Å². The molecular weight excluding hydrogens is 238 g/mol. The minimum Gasteiger partial charge on any atom is -0.329 e. The van der Waals surface area contributed by atoms with Crippen molar-refractivity contribution in [2.24, 2.45) is 11.7 Å². The Kier molecular flexibility index (Phi) is 3.46. The molecule has 2 heterocycles. The lowest BCUT2D eigenvalue weighted by Gasteiger charge is -2.24. The fraction of sp³-hybridized carbons (Fsp3) is 0.545. The smallest absolute Gasteiger partial charge is 0.244 e. The highest BCUT2D eigenvalue weighted by Gasteiger charge is 2.38. The standard InChI is InChI=1S/C11H17N3O2S/c1-9-4-6-14(11(9)7-12)17(15,16)10-3-2-5-13-8-10/h2-3,5,8-9,11H,4,6-7,12H2,1H3. The van der Waals surface area contributed by atoms with E-state index in [4.69, 9.17) is 5.73 Å². The molecule has 2 unspecified atom stereocenters. The molecule has 0 saturated carbocycles. The molecule has 5 nitrogen and oxygen atoms in total. The second-order valence-electron chi connectivity index (χ2n) is 4.37. The van der Waals surface area contributed by atoms with Crippen molar-refractivity contribution in [3.63, 3.8) is 0 Å². The normalized spacial score (nSPS) is 26.2. The van der Waals surface area contributed by atoms with E-state index in [9.17, 15) is 8.42 Å². The summed E-state index contributed by atoms with van der Waals surface area (Å²) in [6.45, 7) is 2.94. The average molecular weight is 255 g/mol. The maximum Gasteiger partial charge on any atom is 0.244 e. The van der Waals surface area contributed by atoms with Crippen LogP contribution < -0.4 is 5.73 Å². The quantitative estimate of drug-likeness (QED) is 0.850. The summed E-state index contributed by atoms with van der Waals surface area (Å²) in [5.74, 6) is 0.312. The van der Waals surface area contributed by atoms with Crippen LogP contribution in [0.5, 0.6) is 0 Å². The molecule has 2 atom stereocenters. The highest BCUT2D eigenvalue weighted by Crippen LogP contribution is 2.28. The van der Waals surface area contributed by atoms with Crippen LogP contribution in [0.3, 0.4) is 0 Å². The van der Waals surface area contributed by atoms with E-state index in [1.807, 2.05) is 6.92 Å². The molecule has 0 spiro atoms. The maximum absolute atomic E-state index is 12.4. The van der Waals surface area contributed by atoms with Crippen LogP contribution in [-0.4, -0.2) is 36.8 Å². The molecule has 1 aliphatic rings. The van der Waals surface area contributed by atoms with Crippen molar-refractivity contribution in [2.45, 2.75) is 24.3 Å². The van der Waals surface area contributed by atoms with Crippen molar-refractivity contribution in [3.8, 4) is 0 Å². The molecular formula is C11H17N3O2S. The van der Waals surface area contributed by atoms with Crippen LogP contribution in [-0.2, 0) is 10.0 Å². The molecule has 1 fully saturated rings. The third-order valence-electron chi connectivity index (χ3n) is 3.31. The van der Waals surface area contributed by atoms with E-state index in [1.54, 1.807) is 18.3 Å². The van der Waals surface area contributed by atoms with Gasteiger partial charge < -0.3 is 5.73 Å². The van der Waals surface area contributed by atoms with Crippen LogP contribution in [0.25, 0.3) is 0 Å². The summed E-state index contributed by atoms with van der Waals surface area (Å²) in [5, 5.41) is 0. The summed E-state index contributed by atoms with van der Waals surface area (Å²) in [6.07, 6.45) is 3.80. The van der Waals surface area contributed by atoms with Crippen LogP contribution >= 0.6 is 0 Å². The summed E-state index contributed by atoms with van der Waals surface area (Å²) in [7, 11) is -3.44. The van der Waals surface area contributed by atoms with E-state index in [-0.39, 0.29) is 10.9 Å². The first-order valence-corrected chi connectivity index (χ1v) is 7.13. The number of nitrogens with two attached hydrogens (primary N) is 1. The van der Waals surface area contributed by atoms with Crippen molar-refractivity contribution < 1.29 is 8.42 Å². The largest absolute Gasteiger partial charge is 0.329 e. The predicted molar refractivity (Wildman–Crippen MR) is 64.8 cm³/mol. The Balaban J connectivity index is 2.34. The van der Waals surface area contributed by atoms with Gasteiger partial charge in [0.25, 0.3) is 0 Å². The van der Waals surface area contributed by atoms with Gasteiger partial charge in [-0.3, -0.25) is 4.98 Å². The zero-order chi connectivity index (χ0) is 12.5. The SMILES string of the molecule is CC1CCN(S(=O)(=O)c2cccnc2)C1CN. The third-order valence-corrected chi connectivity index (χ3v) is 5.22. The number of aromatic nitrogens is 1. The zero-order valence-corrected chi connectivity index (χ0v) is 10.6. The molecule has 1 aromatic rings. The van der Waals surface area contributed by atoms with Gasteiger partial charge in [0.2, 0.25) is 10.0 Å². The Labute approximate surface area is 102 Å². The monoisotopic (exact) mass is 255 g/mol. The molecule has 1 aliphatic heterocycles. The average Bonchev–Trinajstić information content (AvgIpc) is 2.72. The number of rotatable bonds is 3. The molecule has 2 N–H and O–H groups in total. The zero-order valence-electron chi connectivity index (χ0n) is 9.78. The predicted octanol–water partition coefficient (Wildman–Crippen LogP) is 0.439. The van der Waals surface area contributed by atoms with Crippen LogP contribution in [0.4, 0.5) is 0 Å². The first kappa shape index (κ1) is 12.5. The lowest BCUT2D eigenvalue weighted by Crippen LogP contribution is -2.42. The highest BCUT2D eigenvalue weighted by molar-refractivity contribution is 7.89. The molecule has 94 valence electrons. The molecule has 1 aromatic heterocycles. The van der Waals surface area contributed by atoms with Gasteiger partial charge in [-0.2, -0.15) is 4.31 Å². The Morgan fingerprint density at radius 1 is 1.59 bits per heavy atom. The van der Waals surface area contributed by atoms with Gasteiger partial charge in [0.05, 0.1) is 0 Å². The lowest BCUT2D eigenvalue weighted by atomic mass is 10.0. The van der Waals surface area contributed by atoms with Gasteiger partial charge in [0, 0.05) is 31.5 Å². The number of sulfonamides is 1. The number of hydrogen-bond acceptors (Lipinski definition) is 4. The van der Waals surface area contributed by atoms with Crippen molar-refractivity contribution in [3.05, 3.63) is 24.5 Å². The van der Waals surface area contributed by atoms with E-state index in [0.717, 1.165) is 6.42 Å². The van der Waals surface area contributed by atoms with Crippen molar-refractivity contribution in [1.29, 1.82) is 0 Å². The molecule has 1 saturated heterocycles. The van der Waals surface area contributed by atoms with Crippen LogP contribution in [0.2, 0.25) is 0 Å². The van der Waals surface area contributed by atoms with Crippen LogP contribution in [0.1, 0.15) is 13.3 Å². The molecule has 17 heavy (non-hydrogen) atoms. The van der Waals surface area contributed by atoms with Crippen molar-refractivity contribution >= 4 is 10.0 Å². The van der Waals surface area contributed by atoms with Crippen LogP contribution in [0.15, 0.2) is 29.4 Å². The van der Waals surface area contributed by atoms with Gasteiger partial charge in [0.1, 0.15) is 4.90 Å². The van der Waals surface area contributed by atoms with Gasteiger partial charge in [-0.05, 0) is 24.5 Å². The van der Waals surface area contributed by atoms with Gasteiger partial charge in [0.15, 0.2) is 0 Å². The molecule has 0 aromatic carbocycles.